The van der Waals surface area contributed by atoms with E-state index in [-0.39, 0.29) is 0 Å². The first kappa shape index (κ1) is 11.7. The molecule has 2 aliphatic rings. The fraction of sp³-hybridized carbons (Fsp3) is 0.786. The Labute approximate surface area is 108 Å². The van der Waals surface area contributed by atoms with E-state index in [4.69, 9.17) is 4.98 Å². The zero-order valence-corrected chi connectivity index (χ0v) is 11.3. The van der Waals surface area contributed by atoms with Crippen molar-refractivity contribution < 1.29 is 0 Å². The molecule has 1 unspecified atom stereocenters. The molecule has 1 atom stereocenters. The molecule has 17 heavy (non-hydrogen) atoms. The van der Waals surface area contributed by atoms with Gasteiger partial charge in [0.1, 0.15) is 0 Å². The van der Waals surface area contributed by atoms with Gasteiger partial charge in [-0.15, -0.1) is 11.3 Å². The Morgan fingerprint density at radius 2 is 2.12 bits per heavy atom. The Bertz CT molecular complexity index is 349. The van der Waals surface area contributed by atoms with Crippen molar-refractivity contribution >= 4 is 11.3 Å². The second-order valence-electron chi connectivity index (χ2n) is 5.56. The van der Waals surface area contributed by atoms with E-state index < -0.39 is 0 Å². The van der Waals surface area contributed by atoms with Crippen molar-refractivity contribution in [1.82, 2.24) is 10.3 Å². The van der Waals surface area contributed by atoms with E-state index in [2.05, 4.69) is 10.7 Å². The van der Waals surface area contributed by atoms with Crippen molar-refractivity contribution in [2.75, 3.05) is 13.1 Å². The molecule has 2 nitrogen and oxygen atoms in total. The predicted octanol–water partition coefficient (Wildman–Crippen LogP) is 3.34. The summed E-state index contributed by atoms with van der Waals surface area (Å²) in [6.45, 7) is 2.39. The number of hydrogen-bond acceptors (Lipinski definition) is 3. The van der Waals surface area contributed by atoms with Crippen LogP contribution in [0.1, 0.15) is 55.1 Å². The second kappa shape index (κ2) is 5.49. The number of nitrogens with one attached hydrogen (secondary N) is 1. The second-order valence-corrected chi connectivity index (χ2v) is 6.51. The van der Waals surface area contributed by atoms with Crippen molar-refractivity contribution in [3.05, 3.63) is 16.1 Å². The lowest BCUT2D eigenvalue weighted by atomic mass is 9.87. The van der Waals surface area contributed by atoms with Gasteiger partial charge in [0.2, 0.25) is 0 Å². The molecule has 1 aliphatic heterocycles. The summed E-state index contributed by atoms with van der Waals surface area (Å²) in [6, 6.07) is 0. The van der Waals surface area contributed by atoms with Crippen LogP contribution in [0, 0.1) is 5.92 Å². The molecule has 1 aliphatic carbocycles. The van der Waals surface area contributed by atoms with Gasteiger partial charge in [-0.2, -0.15) is 0 Å². The van der Waals surface area contributed by atoms with Crippen molar-refractivity contribution in [1.29, 1.82) is 0 Å². The molecule has 0 aromatic carbocycles. The van der Waals surface area contributed by atoms with Gasteiger partial charge in [-0.25, -0.2) is 4.98 Å². The van der Waals surface area contributed by atoms with Crippen molar-refractivity contribution in [3.8, 4) is 0 Å². The number of thiazole rings is 1. The average Bonchev–Trinajstić information content (AvgIpc) is 3.02. The molecule has 94 valence electrons. The maximum Gasteiger partial charge on any atom is 0.0931 e. The third-order valence-corrected chi connectivity index (χ3v) is 5.11. The van der Waals surface area contributed by atoms with Crippen LogP contribution in [-0.2, 0) is 6.42 Å². The van der Waals surface area contributed by atoms with Crippen LogP contribution in [0.5, 0.6) is 0 Å². The Hall–Kier alpha value is -0.410. The third-order valence-electron chi connectivity index (χ3n) is 4.22. The van der Waals surface area contributed by atoms with Crippen molar-refractivity contribution in [3.63, 3.8) is 0 Å². The van der Waals surface area contributed by atoms with E-state index in [1.54, 1.807) is 0 Å². The van der Waals surface area contributed by atoms with Crippen LogP contribution in [0.2, 0.25) is 0 Å². The Balaban J connectivity index is 1.60. The van der Waals surface area contributed by atoms with E-state index >= 15 is 0 Å². The number of nitrogens with zero attached hydrogens (tertiary/aromatic N) is 1. The zero-order valence-electron chi connectivity index (χ0n) is 10.5. The Morgan fingerprint density at radius 3 is 2.88 bits per heavy atom. The highest BCUT2D eigenvalue weighted by molar-refractivity contribution is 7.09. The zero-order chi connectivity index (χ0) is 11.5. The number of hydrogen-bond donors (Lipinski definition) is 1. The van der Waals surface area contributed by atoms with Crippen LogP contribution in [0.3, 0.4) is 0 Å². The van der Waals surface area contributed by atoms with E-state index in [9.17, 15) is 0 Å². The summed E-state index contributed by atoms with van der Waals surface area (Å²) in [5, 5.41) is 7.14. The van der Waals surface area contributed by atoms with Crippen LogP contribution >= 0.6 is 11.3 Å². The van der Waals surface area contributed by atoms with E-state index in [1.165, 1.54) is 68.7 Å². The van der Waals surface area contributed by atoms with Crippen LogP contribution in [0.15, 0.2) is 5.38 Å². The summed E-state index contributed by atoms with van der Waals surface area (Å²) in [5.41, 5.74) is 1.40. The lowest BCUT2D eigenvalue weighted by Gasteiger charge is -2.19. The molecule has 2 heterocycles. The fourth-order valence-electron chi connectivity index (χ4n) is 3.14. The Morgan fingerprint density at radius 1 is 1.24 bits per heavy atom. The van der Waals surface area contributed by atoms with Crippen LogP contribution in [0.25, 0.3) is 0 Å². The molecule has 1 aromatic rings. The monoisotopic (exact) mass is 250 g/mol. The van der Waals surface area contributed by atoms with Crippen LogP contribution in [-0.4, -0.2) is 18.1 Å². The van der Waals surface area contributed by atoms with Gasteiger partial charge in [-0.1, -0.05) is 19.3 Å². The molecule has 1 saturated heterocycles. The van der Waals surface area contributed by atoms with Crippen LogP contribution < -0.4 is 5.32 Å². The lowest BCUT2D eigenvalue weighted by molar-refractivity contribution is 0.437. The van der Waals surface area contributed by atoms with E-state index in [0.29, 0.717) is 0 Å². The average molecular weight is 250 g/mol. The lowest BCUT2D eigenvalue weighted by Crippen LogP contribution is -2.11. The largest absolute Gasteiger partial charge is 0.316 e. The van der Waals surface area contributed by atoms with Gasteiger partial charge >= 0.3 is 0 Å². The number of aromatic nitrogens is 1. The maximum absolute atomic E-state index is 4.89. The quantitative estimate of drug-likeness (QED) is 0.890. The highest BCUT2D eigenvalue weighted by atomic mass is 32.1. The van der Waals surface area contributed by atoms with E-state index in [0.717, 1.165) is 11.8 Å². The standard InChI is InChI=1S/C14H22N2S/c1-2-4-12(5-3-1)13-10-17-14(16-13)8-11-6-7-15-9-11/h10-12,15H,1-9H2. The molecule has 0 bridgehead atoms. The minimum absolute atomic E-state index is 0.774. The highest BCUT2D eigenvalue weighted by Crippen LogP contribution is 2.33. The van der Waals surface area contributed by atoms with Gasteiger partial charge in [-0.05, 0) is 38.3 Å². The molecular weight excluding hydrogens is 228 g/mol. The third kappa shape index (κ3) is 2.89. The molecule has 0 radical (unpaired) electrons. The molecule has 3 heteroatoms. The Kier molecular flexibility index (Phi) is 3.77. The first-order valence-electron chi connectivity index (χ1n) is 7.07. The molecule has 2 fully saturated rings. The minimum Gasteiger partial charge on any atom is -0.316 e. The maximum atomic E-state index is 4.89. The summed E-state index contributed by atoms with van der Waals surface area (Å²) < 4.78 is 0. The predicted molar refractivity (Wildman–Crippen MR) is 72.6 cm³/mol. The molecule has 3 rings (SSSR count). The molecular formula is C14H22N2S. The molecule has 0 spiro atoms. The number of rotatable bonds is 3. The van der Waals surface area contributed by atoms with Gasteiger partial charge in [0.15, 0.2) is 0 Å². The molecule has 1 aromatic heterocycles. The summed E-state index contributed by atoms with van der Waals surface area (Å²) in [5.74, 6) is 1.61. The summed E-state index contributed by atoms with van der Waals surface area (Å²) in [7, 11) is 0. The van der Waals surface area contributed by atoms with Crippen molar-refractivity contribution in [2.24, 2.45) is 5.92 Å². The summed E-state index contributed by atoms with van der Waals surface area (Å²) >= 11 is 1.89. The normalized spacial score (nSPS) is 26.5. The van der Waals surface area contributed by atoms with Crippen molar-refractivity contribution in [2.45, 2.75) is 50.9 Å². The minimum atomic E-state index is 0.774. The van der Waals surface area contributed by atoms with Gasteiger partial charge in [0, 0.05) is 17.7 Å². The van der Waals surface area contributed by atoms with Crippen LogP contribution in [0.4, 0.5) is 0 Å². The van der Waals surface area contributed by atoms with Gasteiger partial charge in [-0.3, -0.25) is 0 Å². The van der Waals surface area contributed by atoms with E-state index in [1.807, 2.05) is 11.3 Å². The topological polar surface area (TPSA) is 24.9 Å². The first-order chi connectivity index (χ1) is 8.42. The van der Waals surface area contributed by atoms with Gasteiger partial charge < -0.3 is 5.32 Å². The van der Waals surface area contributed by atoms with Gasteiger partial charge in [0.05, 0.1) is 10.7 Å². The smallest absolute Gasteiger partial charge is 0.0931 e. The molecule has 1 saturated carbocycles. The summed E-state index contributed by atoms with van der Waals surface area (Å²) in [6.07, 6.45) is 9.51. The molecule has 1 N–H and O–H groups in total. The summed E-state index contributed by atoms with van der Waals surface area (Å²) in [4.78, 5) is 4.89. The molecule has 0 amide bonds. The SMILES string of the molecule is c1sc(CC2CCNC2)nc1C1CCCCC1. The van der Waals surface area contributed by atoms with Gasteiger partial charge in [0.25, 0.3) is 0 Å². The fourth-order valence-corrected chi connectivity index (χ4v) is 4.13. The first-order valence-corrected chi connectivity index (χ1v) is 7.95. The highest BCUT2D eigenvalue weighted by Gasteiger charge is 2.20.